The highest BCUT2D eigenvalue weighted by atomic mass is 79.9. The van der Waals surface area contributed by atoms with E-state index in [4.69, 9.17) is 14.0 Å². The van der Waals surface area contributed by atoms with E-state index in [9.17, 15) is 4.79 Å². The maximum Gasteiger partial charge on any atom is 0.303 e. The Morgan fingerprint density at radius 1 is 0.828 bits per heavy atom. The predicted octanol–water partition coefficient (Wildman–Crippen LogP) is 8.38. The third kappa shape index (κ3) is 24.5. The molecule has 0 aliphatic heterocycles. The lowest BCUT2D eigenvalue weighted by molar-refractivity contribution is -0.137. The molecular formula is C23H46Br2O4. The van der Waals surface area contributed by atoms with E-state index in [0.717, 1.165) is 12.8 Å². The molecule has 0 bridgehead atoms. The number of aliphatic carboxylic acids is 1. The molecule has 0 aliphatic rings. The monoisotopic (exact) mass is 544 g/mol. The van der Waals surface area contributed by atoms with Crippen LogP contribution in [0, 0.1) is 5.41 Å². The van der Waals surface area contributed by atoms with Gasteiger partial charge in [0.15, 0.2) is 0 Å². The molecule has 0 aromatic carbocycles. The number of halogens is 2. The Labute approximate surface area is 197 Å². The highest BCUT2D eigenvalue weighted by molar-refractivity contribution is 9.10. The van der Waals surface area contributed by atoms with Crippen LogP contribution < -0.4 is 0 Å². The highest BCUT2D eigenvalue weighted by Crippen LogP contribution is 2.28. The average molecular weight is 546 g/mol. The van der Waals surface area contributed by atoms with E-state index in [-0.39, 0.29) is 17.0 Å². The number of aliphatic hydroxyl groups is 1. The van der Waals surface area contributed by atoms with Crippen LogP contribution in [0.1, 0.15) is 124 Å². The van der Waals surface area contributed by atoms with Crippen molar-refractivity contribution in [2.75, 3.05) is 6.61 Å². The molecule has 4 nitrogen and oxygen atoms in total. The summed E-state index contributed by atoms with van der Waals surface area (Å²) in [5, 5.41) is 17.1. The van der Waals surface area contributed by atoms with Crippen molar-refractivity contribution in [2.24, 2.45) is 5.41 Å². The molecule has 0 radical (unpaired) electrons. The second kappa shape index (κ2) is 23.0. The first-order valence-corrected chi connectivity index (χ1v) is 13.1. The second-order valence-corrected chi connectivity index (χ2v) is 9.85. The number of carboxylic acid groups (broad SMARTS) is 1. The molecule has 0 aromatic heterocycles. The molecule has 0 saturated carbocycles. The average Bonchev–Trinajstić information content (AvgIpc) is 2.70. The van der Waals surface area contributed by atoms with Crippen LogP contribution in [-0.2, 0) is 8.62 Å². The van der Waals surface area contributed by atoms with E-state index in [1.807, 2.05) is 13.8 Å². The zero-order valence-corrected chi connectivity index (χ0v) is 22.2. The molecule has 0 fully saturated rings. The zero-order chi connectivity index (χ0) is 22.4. The second-order valence-electron chi connectivity index (χ2n) is 8.65. The Kier molecular flexibility index (Phi) is 25.0. The molecule has 29 heavy (non-hydrogen) atoms. The number of hydrogen-bond donors (Lipinski definition) is 2. The number of carbonyl (C=O) groups is 1. The molecular weight excluding hydrogens is 500 g/mol. The van der Waals surface area contributed by atoms with E-state index in [1.165, 1.54) is 83.5 Å². The van der Waals surface area contributed by atoms with Gasteiger partial charge in [-0.2, -0.15) is 0 Å². The van der Waals surface area contributed by atoms with E-state index in [2.05, 4.69) is 39.1 Å². The molecule has 0 spiro atoms. The van der Waals surface area contributed by atoms with E-state index >= 15 is 0 Å². The largest absolute Gasteiger partial charge is 0.481 e. The van der Waals surface area contributed by atoms with Crippen LogP contribution in [0.5, 0.6) is 0 Å². The van der Waals surface area contributed by atoms with Crippen LogP contribution in [0.2, 0.25) is 0 Å². The van der Waals surface area contributed by atoms with Gasteiger partial charge in [0, 0.05) is 11.8 Å². The lowest BCUT2D eigenvalue weighted by atomic mass is 9.97. The fourth-order valence-electron chi connectivity index (χ4n) is 2.84. The summed E-state index contributed by atoms with van der Waals surface area (Å²) < 4.78 is 4.78. The van der Waals surface area contributed by atoms with Gasteiger partial charge in [0.2, 0.25) is 0 Å². The standard InChI is InChI=1S/C18H36O2.C5H10Br2O2/c1-2-3-4-5-6-7-8-9-10-11-12-13-14-15-16-17-18(19)20;1-5(2,3-8)4(6)9-7/h2-17H2,1H3,(H,19,20);4,8H,3H2,1-2H3. The number of rotatable bonds is 19. The minimum atomic E-state index is -0.653. The summed E-state index contributed by atoms with van der Waals surface area (Å²) in [7, 11) is 0. The van der Waals surface area contributed by atoms with Crippen LogP contribution in [0.4, 0.5) is 0 Å². The Morgan fingerprint density at radius 2 is 1.17 bits per heavy atom. The highest BCUT2D eigenvalue weighted by Gasteiger charge is 2.26. The number of aliphatic hydroxyl groups excluding tert-OH is 1. The maximum atomic E-state index is 10.3. The van der Waals surface area contributed by atoms with Crippen LogP contribution in [0.25, 0.3) is 0 Å². The van der Waals surface area contributed by atoms with Crippen LogP contribution in [0.3, 0.4) is 0 Å². The Balaban J connectivity index is 0. The van der Waals surface area contributed by atoms with Gasteiger partial charge in [-0.3, -0.25) is 8.62 Å². The third-order valence-corrected chi connectivity index (χ3v) is 7.40. The first-order chi connectivity index (χ1) is 13.8. The normalized spacial score (nSPS) is 12.3. The summed E-state index contributed by atoms with van der Waals surface area (Å²) in [6.07, 6.45) is 20.2. The Bertz CT molecular complexity index is 352. The fourth-order valence-corrected chi connectivity index (χ4v) is 3.49. The smallest absolute Gasteiger partial charge is 0.303 e. The molecule has 176 valence electrons. The molecule has 6 heteroatoms. The van der Waals surface area contributed by atoms with Crippen molar-refractivity contribution < 1.29 is 18.8 Å². The first kappa shape index (κ1) is 31.5. The zero-order valence-electron chi connectivity index (χ0n) is 19.1. The predicted molar refractivity (Wildman–Crippen MR) is 131 cm³/mol. The third-order valence-electron chi connectivity index (χ3n) is 5.09. The van der Waals surface area contributed by atoms with Gasteiger partial charge in [-0.1, -0.05) is 127 Å². The van der Waals surface area contributed by atoms with Gasteiger partial charge in [0.25, 0.3) is 0 Å². The maximum absolute atomic E-state index is 10.3. The molecule has 0 aliphatic carbocycles. The molecule has 0 rings (SSSR count). The molecule has 0 amide bonds. The molecule has 0 aromatic rings. The van der Waals surface area contributed by atoms with Gasteiger partial charge in [0.1, 0.15) is 5.01 Å². The molecule has 0 heterocycles. The lowest BCUT2D eigenvalue weighted by Gasteiger charge is -2.24. The number of carboxylic acids is 1. The minimum Gasteiger partial charge on any atom is -0.481 e. The van der Waals surface area contributed by atoms with Crippen molar-refractivity contribution in [1.82, 2.24) is 0 Å². The summed E-state index contributed by atoms with van der Waals surface area (Å²) >= 11 is 6.06. The van der Waals surface area contributed by atoms with E-state index < -0.39 is 5.97 Å². The summed E-state index contributed by atoms with van der Waals surface area (Å²) in [4.78, 5) is 10.3. The summed E-state index contributed by atoms with van der Waals surface area (Å²) in [6.45, 7) is 6.15. The van der Waals surface area contributed by atoms with Crippen molar-refractivity contribution in [2.45, 2.75) is 129 Å². The van der Waals surface area contributed by atoms with Crippen molar-refractivity contribution in [3.05, 3.63) is 0 Å². The molecule has 1 unspecified atom stereocenters. The number of unbranched alkanes of at least 4 members (excludes halogenated alkanes) is 14. The van der Waals surface area contributed by atoms with Gasteiger partial charge in [-0.15, -0.1) is 0 Å². The van der Waals surface area contributed by atoms with Crippen molar-refractivity contribution in [1.29, 1.82) is 0 Å². The van der Waals surface area contributed by atoms with Gasteiger partial charge in [-0.25, -0.2) is 0 Å². The fraction of sp³-hybridized carbons (Fsp3) is 0.957. The summed E-state index contributed by atoms with van der Waals surface area (Å²) in [6, 6.07) is 0. The Morgan fingerprint density at radius 3 is 1.41 bits per heavy atom. The van der Waals surface area contributed by atoms with Crippen molar-refractivity contribution in [3.8, 4) is 0 Å². The van der Waals surface area contributed by atoms with Gasteiger partial charge >= 0.3 is 5.97 Å². The molecule has 2 N–H and O–H groups in total. The number of hydrogen-bond acceptors (Lipinski definition) is 3. The van der Waals surface area contributed by atoms with Gasteiger partial charge < -0.3 is 10.2 Å². The molecule has 0 saturated heterocycles. The van der Waals surface area contributed by atoms with Gasteiger partial charge in [0.05, 0.1) is 22.9 Å². The minimum absolute atomic E-state index is 0.0918. The summed E-state index contributed by atoms with van der Waals surface area (Å²) in [5.74, 6) is -0.653. The quantitative estimate of drug-likeness (QED) is 0.126. The number of alkyl halides is 1. The van der Waals surface area contributed by atoms with E-state index in [0.29, 0.717) is 6.42 Å². The Hall–Kier alpha value is 0.350. The van der Waals surface area contributed by atoms with Crippen molar-refractivity contribution in [3.63, 3.8) is 0 Å². The van der Waals surface area contributed by atoms with Gasteiger partial charge in [-0.05, 0) is 6.42 Å². The van der Waals surface area contributed by atoms with Crippen LogP contribution in [-0.4, -0.2) is 27.8 Å². The van der Waals surface area contributed by atoms with Crippen molar-refractivity contribution >= 4 is 38.2 Å². The topological polar surface area (TPSA) is 66.8 Å². The van der Waals surface area contributed by atoms with Crippen LogP contribution in [0.15, 0.2) is 0 Å². The summed E-state index contributed by atoms with van der Waals surface area (Å²) in [5.41, 5.74) is -0.247. The lowest BCUT2D eigenvalue weighted by Crippen LogP contribution is -2.28. The first-order valence-electron chi connectivity index (χ1n) is 11.6. The van der Waals surface area contributed by atoms with E-state index in [1.54, 1.807) is 0 Å². The van der Waals surface area contributed by atoms with Crippen LogP contribution >= 0.6 is 32.2 Å². The molecule has 1 atom stereocenters. The SMILES string of the molecule is CC(C)(CO)C(Br)OBr.CCCCCCCCCCCCCCCCCC(=O)O.